The zero-order chi connectivity index (χ0) is 33.7. The molecule has 0 atom stereocenters. The quantitative estimate of drug-likeness (QED) is 0.186. The van der Waals surface area contributed by atoms with E-state index in [1.165, 1.54) is 10.9 Å². The highest BCUT2D eigenvalue weighted by Crippen LogP contribution is 2.38. The molecule has 0 spiro atoms. The first-order valence-corrected chi connectivity index (χ1v) is 17.1. The van der Waals surface area contributed by atoms with Gasteiger partial charge < -0.3 is 4.42 Å². The number of furan rings is 1. The van der Waals surface area contributed by atoms with Gasteiger partial charge in [-0.1, -0.05) is 152 Å². The monoisotopic (exact) mass is 651 g/mol. The molecular weight excluding hydrogens is 623 g/mol. The number of fused-ring (bicyclic) bond motifs is 5. The van der Waals surface area contributed by atoms with E-state index in [-0.39, 0.29) is 0 Å². The lowest BCUT2D eigenvalue weighted by Crippen LogP contribution is -2.00. The topological polar surface area (TPSA) is 51.8 Å². The molecule has 0 bridgehead atoms. The number of hydrogen-bond donors (Lipinski definition) is 0. The first-order valence-electron chi connectivity index (χ1n) is 17.1. The summed E-state index contributed by atoms with van der Waals surface area (Å²) in [6.45, 7) is 0. The number of rotatable bonds is 5. The van der Waals surface area contributed by atoms with Crippen LogP contribution in [0, 0.1) is 0 Å². The summed E-state index contributed by atoms with van der Waals surface area (Å²) in [7, 11) is 0. The molecule has 4 nitrogen and oxygen atoms in total. The molecule has 0 aliphatic rings. The van der Waals surface area contributed by atoms with Crippen molar-refractivity contribution in [1.29, 1.82) is 0 Å². The van der Waals surface area contributed by atoms with Crippen molar-refractivity contribution in [2.75, 3.05) is 0 Å². The molecule has 0 radical (unpaired) electrons. The molecule has 4 heteroatoms. The van der Waals surface area contributed by atoms with Crippen molar-refractivity contribution in [3.05, 3.63) is 176 Å². The van der Waals surface area contributed by atoms with Gasteiger partial charge in [0.25, 0.3) is 0 Å². The first-order chi connectivity index (χ1) is 25.2. The van der Waals surface area contributed by atoms with Crippen LogP contribution in [0.5, 0.6) is 0 Å². The van der Waals surface area contributed by atoms with Crippen molar-refractivity contribution in [2.24, 2.45) is 0 Å². The third kappa shape index (κ3) is 5.13. The molecule has 0 fully saturated rings. The average Bonchev–Trinajstić information content (AvgIpc) is 3.58. The van der Waals surface area contributed by atoms with Gasteiger partial charge in [0.15, 0.2) is 17.5 Å². The maximum Gasteiger partial charge on any atom is 0.164 e. The Hall–Kier alpha value is -6.91. The van der Waals surface area contributed by atoms with Crippen molar-refractivity contribution in [3.63, 3.8) is 0 Å². The molecule has 238 valence electrons. The number of benzene rings is 8. The largest absolute Gasteiger partial charge is 0.456 e. The predicted octanol–water partition coefficient (Wildman–Crippen LogP) is 12.4. The molecule has 0 aliphatic carbocycles. The SMILES string of the molecule is c1ccc(-c2ccc(-c3nc(-c4ccc5ccccc5c4)nc(-c4cccc5c(-c6ccc7c(c6)oc6ccccc67)cccc45)n3)cc2)cc1. The third-order valence-corrected chi connectivity index (χ3v) is 9.75. The molecule has 51 heavy (non-hydrogen) atoms. The second-order valence-electron chi connectivity index (χ2n) is 12.8. The van der Waals surface area contributed by atoms with Crippen LogP contribution in [0.15, 0.2) is 180 Å². The number of nitrogens with zero attached hydrogens (tertiary/aromatic N) is 3. The number of hydrogen-bond acceptors (Lipinski definition) is 4. The van der Waals surface area contributed by atoms with Crippen LogP contribution in [0.25, 0.3) is 99.9 Å². The number of aromatic nitrogens is 3. The molecule has 10 rings (SSSR count). The smallest absolute Gasteiger partial charge is 0.164 e. The van der Waals surface area contributed by atoms with E-state index in [0.29, 0.717) is 17.5 Å². The Morgan fingerprint density at radius 2 is 0.863 bits per heavy atom. The van der Waals surface area contributed by atoms with E-state index in [9.17, 15) is 0 Å². The second-order valence-corrected chi connectivity index (χ2v) is 12.8. The molecule has 0 N–H and O–H groups in total. The molecule has 0 saturated carbocycles. The summed E-state index contributed by atoms with van der Waals surface area (Å²) in [5.41, 5.74) is 9.13. The maximum atomic E-state index is 6.26. The minimum atomic E-state index is 0.630. The minimum Gasteiger partial charge on any atom is -0.456 e. The van der Waals surface area contributed by atoms with Crippen molar-refractivity contribution >= 4 is 43.5 Å². The Labute approximate surface area is 294 Å². The third-order valence-electron chi connectivity index (χ3n) is 9.75. The highest BCUT2D eigenvalue weighted by Gasteiger charge is 2.17. The maximum absolute atomic E-state index is 6.26. The van der Waals surface area contributed by atoms with Gasteiger partial charge in [-0.2, -0.15) is 0 Å². The van der Waals surface area contributed by atoms with Gasteiger partial charge in [0.05, 0.1) is 0 Å². The number of para-hydroxylation sites is 1. The van der Waals surface area contributed by atoms with Crippen LogP contribution >= 0.6 is 0 Å². The molecule has 0 saturated heterocycles. The van der Waals surface area contributed by atoms with Gasteiger partial charge in [0.2, 0.25) is 0 Å². The zero-order valence-electron chi connectivity index (χ0n) is 27.5. The van der Waals surface area contributed by atoms with Crippen LogP contribution in [0.2, 0.25) is 0 Å². The fraction of sp³-hybridized carbons (Fsp3) is 0. The molecule has 0 aliphatic heterocycles. The Morgan fingerprint density at radius 3 is 1.71 bits per heavy atom. The van der Waals surface area contributed by atoms with Gasteiger partial charge in [-0.25, -0.2) is 15.0 Å². The Bertz CT molecular complexity index is 2910. The van der Waals surface area contributed by atoms with E-state index in [4.69, 9.17) is 19.4 Å². The zero-order valence-corrected chi connectivity index (χ0v) is 27.5. The highest BCUT2D eigenvalue weighted by molar-refractivity contribution is 6.08. The van der Waals surface area contributed by atoms with Crippen LogP contribution in [0.1, 0.15) is 0 Å². The summed E-state index contributed by atoms with van der Waals surface area (Å²) in [4.78, 5) is 15.4. The van der Waals surface area contributed by atoms with Gasteiger partial charge in [-0.05, 0) is 68.1 Å². The Balaban J connectivity index is 1.13. The van der Waals surface area contributed by atoms with Crippen molar-refractivity contribution in [2.45, 2.75) is 0 Å². The predicted molar refractivity (Wildman–Crippen MR) is 209 cm³/mol. The second kappa shape index (κ2) is 11.9. The van der Waals surface area contributed by atoms with Gasteiger partial charge in [-0.3, -0.25) is 0 Å². The minimum absolute atomic E-state index is 0.630. The summed E-state index contributed by atoms with van der Waals surface area (Å²) in [5, 5.41) is 6.75. The Morgan fingerprint density at radius 1 is 0.294 bits per heavy atom. The molecular formula is C47H29N3O. The van der Waals surface area contributed by atoms with Crippen LogP contribution in [-0.4, -0.2) is 15.0 Å². The lowest BCUT2D eigenvalue weighted by Gasteiger charge is -2.13. The van der Waals surface area contributed by atoms with Crippen molar-refractivity contribution in [3.8, 4) is 56.4 Å². The molecule has 2 aromatic heterocycles. The fourth-order valence-electron chi connectivity index (χ4n) is 7.18. The molecule has 8 aromatic carbocycles. The van der Waals surface area contributed by atoms with E-state index in [0.717, 1.165) is 71.5 Å². The molecule has 0 unspecified atom stereocenters. The average molecular weight is 652 g/mol. The Kier molecular flexibility index (Phi) is 6.78. The molecule has 0 amide bonds. The lowest BCUT2D eigenvalue weighted by molar-refractivity contribution is 0.669. The van der Waals surface area contributed by atoms with Gasteiger partial charge in [-0.15, -0.1) is 0 Å². The van der Waals surface area contributed by atoms with E-state index in [1.807, 2.05) is 18.2 Å². The highest BCUT2D eigenvalue weighted by atomic mass is 16.3. The summed E-state index contributed by atoms with van der Waals surface area (Å²) < 4.78 is 6.26. The van der Waals surface area contributed by atoms with E-state index in [1.54, 1.807) is 0 Å². The van der Waals surface area contributed by atoms with Crippen LogP contribution in [-0.2, 0) is 0 Å². The standard InChI is InChI=1S/C47H29N3O/c1-2-10-30(11-3-1)32-20-23-33(24-21-32)45-48-46(36-25-22-31-12-4-5-13-34(31)28-36)50-47(49-45)42-18-9-16-38-37(15-8-17-39(38)42)35-26-27-41-40-14-6-7-19-43(40)51-44(41)29-35/h1-29H. The van der Waals surface area contributed by atoms with Gasteiger partial charge in [0.1, 0.15) is 11.2 Å². The van der Waals surface area contributed by atoms with Gasteiger partial charge in [0, 0.05) is 27.5 Å². The van der Waals surface area contributed by atoms with Crippen molar-refractivity contribution < 1.29 is 4.42 Å². The molecule has 2 heterocycles. The van der Waals surface area contributed by atoms with Crippen molar-refractivity contribution in [1.82, 2.24) is 15.0 Å². The summed E-state index contributed by atoms with van der Waals surface area (Å²) in [6.07, 6.45) is 0. The van der Waals surface area contributed by atoms with Crippen LogP contribution < -0.4 is 0 Å². The summed E-state index contributed by atoms with van der Waals surface area (Å²) in [5.74, 6) is 1.90. The normalized spacial score (nSPS) is 11.5. The van der Waals surface area contributed by atoms with Crippen LogP contribution in [0.4, 0.5) is 0 Å². The summed E-state index contributed by atoms with van der Waals surface area (Å²) >= 11 is 0. The van der Waals surface area contributed by atoms with E-state index < -0.39 is 0 Å². The molecule has 10 aromatic rings. The van der Waals surface area contributed by atoms with E-state index >= 15 is 0 Å². The van der Waals surface area contributed by atoms with Crippen LogP contribution in [0.3, 0.4) is 0 Å². The first kappa shape index (κ1) is 29.0. The fourth-order valence-corrected chi connectivity index (χ4v) is 7.18. The van der Waals surface area contributed by atoms with E-state index in [2.05, 4.69) is 158 Å². The lowest BCUT2D eigenvalue weighted by atomic mass is 9.94. The van der Waals surface area contributed by atoms with Gasteiger partial charge >= 0.3 is 0 Å². The summed E-state index contributed by atoms with van der Waals surface area (Å²) in [6, 6.07) is 61.1.